The molecule has 0 spiro atoms. The summed E-state index contributed by atoms with van der Waals surface area (Å²) >= 11 is 0. The highest BCUT2D eigenvalue weighted by Crippen LogP contribution is 2.70. The Kier molecular flexibility index (Phi) is 2.87. The second kappa shape index (κ2) is 4.36. The molecular formula is C18H28N2O. The zero-order valence-corrected chi connectivity index (χ0v) is 13.3. The molecule has 0 aromatic carbocycles. The van der Waals surface area contributed by atoms with Gasteiger partial charge in [0, 0.05) is 12.5 Å². The van der Waals surface area contributed by atoms with Gasteiger partial charge in [0.1, 0.15) is 5.76 Å². The van der Waals surface area contributed by atoms with E-state index >= 15 is 0 Å². The summed E-state index contributed by atoms with van der Waals surface area (Å²) in [5.74, 6) is 7.97. The van der Waals surface area contributed by atoms with Gasteiger partial charge in [-0.05, 0) is 72.8 Å². The molecule has 3 heteroatoms. The van der Waals surface area contributed by atoms with E-state index in [1.165, 1.54) is 38.5 Å². The molecular weight excluding hydrogens is 260 g/mol. The van der Waals surface area contributed by atoms with Crippen LogP contribution in [0.15, 0.2) is 22.8 Å². The smallest absolute Gasteiger partial charge is 0.105 e. The Hall–Kier alpha value is -0.800. The van der Waals surface area contributed by atoms with Crippen molar-refractivity contribution in [3.8, 4) is 0 Å². The van der Waals surface area contributed by atoms with Crippen LogP contribution >= 0.6 is 0 Å². The fourth-order valence-electron chi connectivity index (χ4n) is 7.01. The first kappa shape index (κ1) is 13.8. The van der Waals surface area contributed by atoms with Crippen LogP contribution in [0.4, 0.5) is 0 Å². The van der Waals surface area contributed by atoms with Crippen LogP contribution in [0.3, 0.4) is 0 Å². The van der Waals surface area contributed by atoms with Crippen LogP contribution in [-0.2, 0) is 6.42 Å². The molecule has 3 N–H and O–H groups in total. The molecule has 0 amide bonds. The van der Waals surface area contributed by atoms with Crippen molar-refractivity contribution >= 4 is 0 Å². The van der Waals surface area contributed by atoms with Crippen molar-refractivity contribution in [2.24, 2.45) is 28.0 Å². The molecule has 1 aromatic heterocycles. The summed E-state index contributed by atoms with van der Waals surface area (Å²) in [6, 6.07) is 4.39. The summed E-state index contributed by atoms with van der Waals surface area (Å²) in [5.41, 5.74) is 4.61. The maximum atomic E-state index is 6.01. The topological polar surface area (TPSA) is 51.2 Å². The van der Waals surface area contributed by atoms with Gasteiger partial charge in [0.05, 0.1) is 6.26 Å². The van der Waals surface area contributed by atoms with Crippen LogP contribution in [-0.4, -0.2) is 6.04 Å². The largest absolute Gasteiger partial charge is 0.469 e. The average Bonchev–Trinajstić information content (AvgIpc) is 2.83. The summed E-state index contributed by atoms with van der Waals surface area (Å²) in [6.07, 6.45) is 11.0. The third-order valence-corrected chi connectivity index (χ3v) is 6.60. The molecule has 21 heavy (non-hydrogen) atoms. The molecule has 0 saturated heterocycles. The lowest BCUT2D eigenvalue weighted by Crippen LogP contribution is -2.62. The fraction of sp³-hybridized carbons (Fsp3) is 0.778. The Morgan fingerprint density at radius 2 is 1.95 bits per heavy atom. The van der Waals surface area contributed by atoms with E-state index in [1.54, 1.807) is 6.26 Å². The maximum absolute atomic E-state index is 6.01. The Balaban J connectivity index is 1.66. The third kappa shape index (κ3) is 2.17. The van der Waals surface area contributed by atoms with Gasteiger partial charge in [-0.25, -0.2) is 0 Å². The van der Waals surface area contributed by atoms with E-state index in [0.29, 0.717) is 22.3 Å². The van der Waals surface area contributed by atoms with Gasteiger partial charge in [0.25, 0.3) is 0 Å². The summed E-state index contributed by atoms with van der Waals surface area (Å²) in [5, 5.41) is 0. The molecule has 0 aliphatic heterocycles. The molecule has 1 heterocycles. The van der Waals surface area contributed by atoms with E-state index in [-0.39, 0.29) is 0 Å². The number of furan rings is 1. The Labute approximate surface area is 127 Å². The SMILES string of the molecule is CC12CC3CC(C)(C1)CC(C(Cc1ccco1)NN)(C3)C2. The minimum Gasteiger partial charge on any atom is -0.469 e. The Morgan fingerprint density at radius 1 is 1.24 bits per heavy atom. The van der Waals surface area contributed by atoms with Crippen LogP contribution in [0.1, 0.15) is 58.1 Å². The third-order valence-electron chi connectivity index (χ3n) is 6.60. The zero-order valence-electron chi connectivity index (χ0n) is 13.3. The van der Waals surface area contributed by atoms with Gasteiger partial charge >= 0.3 is 0 Å². The monoisotopic (exact) mass is 288 g/mol. The number of nitrogens with one attached hydrogen (secondary N) is 1. The lowest BCUT2D eigenvalue weighted by molar-refractivity contribution is -0.158. The predicted molar refractivity (Wildman–Crippen MR) is 83.4 cm³/mol. The highest BCUT2D eigenvalue weighted by Gasteiger charge is 2.62. The molecule has 0 radical (unpaired) electrons. The molecule has 3 nitrogen and oxygen atoms in total. The van der Waals surface area contributed by atoms with Crippen molar-refractivity contribution in [1.29, 1.82) is 0 Å². The lowest BCUT2D eigenvalue weighted by Gasteiger charge is -2.67. The van der Waals surface area contributed by atoms with E-state index in [1.807, 2.05) is 6.07 Å². The van der Waals surface area contributed by atoms with Crippen LogP contribution in [0.25, 0.3) is 0 Å². The van der Waals surface area contributed by atoms with Crippen molar-refractivity contribution in [2.45, 2.75) is 64.8 Å². The molecule has 4 aliphatic rings. The second-order valence-corrected chi connectivity index (χ2v) is 9.00. The average molecular weight is 288 g/mol. The minimum absolute atomic E-state index is 0.339. The van der Waals surface area contributed by atoms with E-state index in [9.17, 15) is 0 Å². The van der Waals surface area contributed by atoms with Gasteiger partial charge < -0.3 is 4.42 Å². The van der Waals surface area contributed by atoms with E-state index in [0.717, 1.165) is 18.1 Å². The second-order valence-electron chi connectivity index (χ2n) is 9.00. The van der Waals surface area contributed by atoms with Gasteiger partial charge in [0.15, 0.2) is 0 Å². The standard InChI is InChI=1S/C18H28N2O/c1-16-7-13-8-17(2,10-16)12-18(9-13,11-16)15(20-19)6-14-4-3-5-21-14/h3-5,13,15,20H,6-12,19H2,1-2H3. The van der Waals surface area contributed by atoms with Crippen LogP contribution in [0.5, 0.6) is 0 Å². The summed E-state index contributed by atoms with van der Waals surface area (Å²) in [7, 11) is 0. The number of nitrogens with two attached hydrogens (primary N) is 1. The van der Waals surface area contributed by atoms with E-state index in [4.69, 9.17) is 10.3 Å². The molecule has 3 atom stereocenters. The van der Waals surface area contributed by atoms with Gasteiger partial charge in [-0.15, -0.1) is 0 Å². The molecule has 4 bridgehead atoms. The molecule has 1 aromatic rings. The van der Waals surface area contributed by atoms with Crippen molar-refractivity contribution in [3.05, 3.63) is 24.2 Å². The molecule has 4 aliphatic carbocycles. The van der Waals surface area contributed by atoms with Crippen molar-refractivity contribution in [2.75, 3.05) is 0 Å². The number of hydrogen-bond donors (Lipinski definition) is 2. The highest BCUT2D eigenvalue weighted by atomic mass is 16.3. The van der Waals surface area contributed by atoms with Crippen LogP contribution in [0.2, 0.25) is 0 Å². The summed E-state index contributed by atoms with van der Waals surface area (Å²) in [6.45, 7) is 5.04. The van der Waals surface area contributed by atoms with Crippen LogP contribution in [0, 0.1) is 22.2 Å². The quantitative estimate of drug-likeness (QED) is 0.657. The molecule has 4 fully saturated rings. The zero-order chi connectivity index (χ0) is 14.7. The maximum Gasteiger partial charge on any atom is 0.105 e. The fourth-order valence-corrected chi connectivity index (χ4v) is 7.01. The predicted octanol–water partition coefficient (Wildman–Crippen LogP) is 3.65. The van der Waals surface area contributed by atoms with Crippen molar-refractivity contribution in [1.82, 2.24) is 5.43 Å². The highest BCUT2D eigenvalue weighted by molar-refractivity contribution is 5.15. The van der Waals surface area contributed by atoms with E-state index in [2.05, 4.69) is 25.3 Å². The lowest BCUT2D eigenvalue weighted by atomic mass is 9.39. The molecule has 5 rings (SSSR count). The first-order chi connectivity index (χ1) is 9.94. The first-order valence-electron chi connectivity index (χ1n) is 8.43. The number of hydrogen-bond acceptors (Lipinski definition) is 3. The first-order valence-corrected chi connectivity index (χ1v) is 8.43. The number of rotatable bonds is 4. The normalized spacial score (nSPS) is 46.0. The van der Waals surface area contributed by atoms with Crippen molar-refractivity contribution < 1.29 is 4.42 Å². The van der Waals surface area contributed by atoms with Gasteiger partial charge in [-0.3, -0.25) is 11.3 Å². The van der Waals surface area contributed by atoms with Gasteiger partial charge in [0.2, 0.25) is 0 Å². The summed E-state index contributed by atoms with van der Waals surface area (Å²) in [4.78, 5) is 0. The van der Waals surface area contributed by atoms with Gasteiger partial charge in [-0.1, -0.05) is 13.8 Å². The number of hydrazine groups is 1. The van der Waals surface area contributed by atoms with Gasteiger partial charge in [-0.2, -0.15) is 0 Å². The minimum atomic E-state index is 0.339. The molecule has 4 saturated carbocycles. The van der Waals surface area contributed by atoms with Crippen LogP contribution < -0.4 is 11.3 Å². The van der Waals surface area contributed by atoms with E-state index < -0.39 is 0 Å². The Bertz CT molecular complexity index is 505. The van der Waals surface area contributed by atoms with Crippen molar-refractivity contribution in [3.63, 3.8) is 0 Å². The Morgan fingerprint density at radius 3 is 2.48 bits per heavy atom. The molecule has 116 valence electrons. The molecule has 3 unspecified atom stereocenters. The summed E-state index contributed by atoms with van der Waals surface area (Å²) < 4.78 is 5.58.